The van der Waals surface area contributed by atoms with Crippen LogP contribution in [0.3, 0.4) is 0 Å². The molecule has 0 saturated carbocycles. The number of nitrogens with zero attached hydrogens (tertiary/aromatic N) is 1. The summed E-state index contributed by atoms with van der Waals surface area (Å²) >= 11 is 0. The quantitative estimate of drug-likeness (QED) is 0.536. The van der Waals surface area contributed by atoms with Gasteiger partial charge in [0, 0.05) is 0 Å². The molecule has 0 aliphatic heterocycles. The van der Waals surface area contributed by atoms with Gasteiger partial charge in [-0.25, -0.2) is 0 Å². The molecule has 0 aromatic carbocycles. The van der Waals surface area contributed by atoms with Gasteiger partial charge in [0.05, 0.1) is 0 Å². The van der Waals surface area contributed by atoms with Gasteiger partial charge in [-0.05, 0) is 44.8 Å². The van der Waals surface area contributed by atoms with Gasteiger partial charge in [0.25, 0.3) is 0 Å². The molecule has 0 fully saturated rings. The van der Waals surface area contributed by atoms with E-state index in [9.17, 15) is 0 Å². The van der Waals surface area contributed by atoms with Gasteiger partial charge < -0.3 is 4.90 Å². The smallest absolute Gasteiger partial charge is 0.00197 e. The van der Waals surface area contributed by atoms with E-state index in [1.807, 2.05) is 41.5 Å². The monoisotopic (exact) mass is 275 g/mol. The highest BCUT2D eigenvalue weighted by atomic mass is 15.0. The van der Waals surface area contributed by atoms with Crippen LogP contribution in [0.2, 0.25) is 0 Å². The van der Waals surface area contributed by atoms with Crippen molar-refractivity contribution in [3.8, 4) is 0 Å². The molecule has 0 spiro atoms. The molecule has 0 unspecified atom stereocenters. The summed E-state index contributed by atoms with van der Waals surface area (Å²) in [4.78, 5) is 2.27. The van der Waals surface area contributed by atoms with Crippen LogP contribution in [0, 0.1) is 11.3 Å². The van der Waals surface area contributed by atoms with Crippen LogP contribution in [-0.4, -0.2) is 25.5 Å². The van der Waals surface area contributed by atoms with Gasteiger partial charge in [0.15, 0.2) is 0 Å². The van der Waals surface area contributed by atoms with Crippen LogP contribution in [0.1, 0.15) is 88.5 Å². The third-order valence-electron chi connectivity index (χ3n) is 2.63. The molecule has 0 aromatic heterocycles. The predicted octanol–water partition coefficient (Wildman–Crippen LogP) is 6.48. The van der Waals surface area contributed by atoms with Crippen molar-refractivity contribution in [1.82, 2.24) is 4.90 Å². The lowest BCUT2D eigenvalue weighted by Gasteiger charge is -2.27. The number of hydrogen-bond donors (Lipinski definition) is 0. The van der Waals surface area contributed by atoms with Crippen LogP contribution < -0.4 is 0 Å². The van der Waals surface area contributed by atoms with Crippen molar-refractivity contribution >= 4 is 0 Å². The Balaban J connectivity index is -0.000000163. The zero-order valence-electron chi connectivity index (χ0n) is 16.4. The third-order valence-corrected chi connectivity index (χ3v) is 2.63. The lowest BCUT2D eigenvalue weighted by atomic mass is 9.82. The molecule has 0 radical (unpaired) electrons. The minimum atomic E-state index is 0.522. The topological polar surface area (TPSA) is 3.24 Å². The fraction of sp³-hybridized carbons (Fsp3) is 1.00. The second-order valence-corrected chi connectivity index (χ2v) is 5.65. The Bertz CT molecular complexity index is 112. The van der Waals surface area contributed by atoms with E-state index in [4.69, 9.17) is 0 Å². The molecule has 0 atom stereocenters. The largest absolute Gasteiger partial charge is 0.309 e. The average molecular weight is 276 g/mol. The predicted molar refractivity (Wildman–Crippen MR) is 95.1 cm³/mol. The molecule has 0 bridgehead atoms. The van der Waals surface area contributed by atoms with Gasteiger partial charge in [-0.1, -0.05) is 75.7 Å². The Morgan fingerprint density at radius 2 is 1.16 bits per heavy atom. The van der Waals surface area contributed by atoms with Gasteiger partial charge in [-0.2, -0.15) is 0 Å². The van der Waals surface area contributed by atoms with Crippen LogP contribution in [0.15, 0.2) is 0 Å². The minimum Gasteiger partial charge on any atom is -0.309 e. The molecule has 1 nitrogen and oxygen atoms in total. The maximum Gasteiger partial charge on any atom is -0.00197 e. The molecule has 122 valence electrons. The Morgan fingerprint density at radius 3 is 1.42 bits per heavy atom. The zero-order chi connectivity index (χ0) is 16.5. The van der Waals surface area contributed by atoms with Crippen molar-refractivity contribution in [3.63, 3.8) is 0 Å². The highest BCUT2D eigenvalue weighted by Gasteiger charge is 2.17. The van der Waals surface area contributed by atoms with Gasteiger partial charge in [0.1, 0.15) is 0 Å². The lowest BCUT2D eigenvalue weighted by molar-refractivity contribution is 0.242. The third kappa shape index (κ3) is 32.0. The van der Waals surface area contributed by atoms with Crippen molar-refractivity contribution in [2.24, 2.45) is 11.3 Å². The van der Waals surface area contributed by atoms with Crippen molar-refractivity contribution in [2.75, 3.05) is 20.6 Å². The SMILES string of the molecule is CC.CC.CC.CC(C)CCC(C)(C)CCN(C)C. The second kappa shape index (κ2) is 20.3. The molecule has 0 heterocycles. The first-order valence-electron chi connectivity index (χ1n) is 8.48. The van der Waals surface area contributed by atoms with Crippen LogP contribution >= 0.6 is 0 Å². The normalized spacial score (nSPS) is 9.79. The standard InChI is InChI=1S/C12H27N.3C2H6/c1-11(2)7-8-12(3,4)9-10-13(5)6;3*1-2/h11H,7-10H2,1-6H3;3*1-2H3. The fourth-order valence-corrected chi connectivity index (χ4v) is 1.33. The second-order valence-electron chi connectivity index (χ2n) is 5.65. The first kappa shape index (κ1) is 27.3. The molecular formula is C18H45N. The van der Waals surface area contributed by atoms with E-state index in [-0.39, 0.29) is 0 Å². The van der Waals surface area contributed by atoms with Gasteiger partial charge in [-0.3, -0.25) is 0 Å². The van der Waals surface area contributed by atoms with E-state index in [0.717, 1.165) is 5.92 Å². The fourth-order valence-electron chi connectivity index (χ4n) is 1.33. The molecule has 0 rings (SSSR count). The lowest BCUT2D eigenvalue weighted by Crippen LogP contribution is -2.21. The van der Waals surface area contributed by atoms with Crippen molar-refractivity contribution in [3.05, 3.63) is 0 Å². The average Bonchev–Trinajstić information content (AvgIpc) is 2.41. The molecule has 0 aromatic rings. The first-order valence-corrected chi connectivity index (χ1v) is 8.48. The molecular weight excluding hydrogens is 230 g/mol. The summed E-state index contributed by atoms with van der Waals surface area (Å²) in [5, 5.41) is 0. The summed E-state index contributed by atoms with van der Waals surface area (Å²) < 4.78 is 0. The Labute approximate surface area is 126 Å². The maximum atomic E-state index is 2.39. The molecule has 0 aliphatic carbocycles. The number of hydrogen-bond acceptors (Lipinski definition) is 1. The Hall–Kier alpha value is -0.0400. The van der Waals surface area contributed by atoms with E-state index < -0.39 is 0 Å². The summed E-state index contributed by atoms with van der Waals surface area (Å²) in [7, 11) is 4.30. The molecule has 0 saturated heterocycles. The first-order chi connectivity index (χ1) is 8.83. The zero-order valence-corrected chi connectivity index (χ0v) is 16.4. The van der Waals surface area contributed by atoms with E-state index in [0.29, 0.717) is 5.41 Å². The summed E-state index contributed by atoms with van der Waals surface area (Å²) in [6.45, 7) is 22.6. The van der Waals surface area contributed by atoms with Crippen molar-refractivity contribution in [2.45, 2.75) is 88.5 Å². The van der Waals surface area contributed by atoms with Crippen LogP contribution in [-0.2, 0) is 0 Å². The summed E-state index contributed by atoms with van der Waals surface area (Å²) in [5.41, 5.74) is 0.522. The van der Waals surface area contributed by atoms with E-state index >= 15 is 0 Å². The van der Waals surface area contributed by atoms with Crippen LogP contribution in [0.25, 0.3) is 0 Å². The minimum absolute atomic E-state index is 0.522. The summed E-state index contributed by atoms with van der Waals surface area (Å²) in [6.07, 6.45) is 4.03. The summed E-state index contributed by atoms with van der Waals surface area (Å²) in [5.74, 6) is 0.846. The van der Waals surface area contributed by atoms with Gasteiger partial charge in [0.2, 0.25) is 0 Å². The van der Waals surface area contributed by atoms with Gasteiger partial charge >= 0.3 is 0 Å². The highest BCUT2D eigenvalue weighted by molar-refractivity contribution is 4.70. The molecule has 0 amide bonds. The molecule has 19 heavy (non-hydrogen) atoms. The molecule has 0 N–H and O–H groups in total. The molecule has 0 aliphatic rings. The highest BCUT2D eigenvalue weighted by Crippen LogP contribution is 2.28. The van der Waals surface area contributed by atoms with E-state index in [2.05, 4.69) is 46.7 Å². The summed E-state index contributed by atoms with van der Waals surface area (Å²) in [6, 6.07) is 0. The van der Waals surface area contributed by atoms with Crippen molar-refractivity contribution < 1.29 is 0 Å². The Kier molecular flexibility index (Phi) is 29.2. The van der Waals surface area contributed by atoms with E-state index in [1.54, 1.807) is 0 Å². The maximum absolute atomic E-state index is 2.39. The van der Waals surface area contributed by atoms with Crippen LogP contribution in [0.5, 0.6) is 0 Å². The Morgan fingerprint density at radius 1 is 0.789 bits per heavy atom. The number of rotatable bonds is 6. The van der Waals surface area contributed by atoms with Gasteiger partial charge in [-0.15, -0.1) is 0 Å². The van der Waals surface area contributed by atoms with E-state index in [1.165, 1.54) is 25.8 Å². The van der Waals surface area contributed by atoms with Crippen LogP contribution in [0.4, 0.5) is 0 Å². The van der Waals surface area contributed by atoms with Crippen molar-refractivity contribution in [1.29, 1.82) is 0 Å². The molecule has 1 heteroatoms.